The molecule has 0 fully saturated rings. The van der Waals surface area contributed by atoms with Crippen LogP contribution in [0, 0.1) is 0 Å². The molecule has 0 aromatic heterocycles. The van der Waals surface area contributed by atoms with Crippen LogP contribution < -0.4 is 0 Å². The summed E-state index contributed by atoms with van der Waals surface area (Å²) < 4.78 is 4.90. The van der Waals surface area contributed by atoms with Gasteiger partial charge in [0.15, 0.2) is 0 Å². The molecule has 0 aliphatic rings. The van der Waals surface area contributed by atoms with Crippen LogP contribution in [0.4, 0.5) is 0 Å². The maximum absolute atomic E-state index is 11.8. The van der Waals surface area contributed by atoms with E-state index in [0.29, 0.717) is 26.2 Å². The second-order valence-corrected chi connectivity index (χ2v) is 3.50. The maximum Gasteiger partial charge on any atom is 0.242 e. The lowest BCUT2D eigenvalue weighted by Crippen LogP contribution is -2.43. The molecule has 0 spiro atoms. The van der Waals surface area contributed by atoms with Gasteiger partial charge < -0.3 is 14.5 Å². The Labute approximate surface area is 97.3 Å². The number of rotatable bonds is 7. The molecule has 0 aromatic rings. The van der Waals surface area contributed by atoms with Gasteiger partial charge in [-0.2, -0.15) is 0 Å². The first-order chi connectivity index (χ1) is 7.56. The van der Waals surface area contributed by atoms with Crippen LogP contribution >= 0.6 is 0 Å². The van der Waals surface area contributed by atoms with E-state index in [1.807, 2.05) is 13.8 Å². The number of amides is 2. The smallest absolute Gasteiger partial charge is 0.242 e. The normalized spacial score (nSPS) is 10.0. The molecule has 0 N–H and O–H groups in total. The molecule has 0 unspecified atom stereocenters. The zero-order valence-electron chi connectivity index (χ0n) is 10.7. The third kappa shape index (κ3) is 5.11. The Morgan fingerprint density at radius 3 is 2.06 bits per heavy atom. The first-order valence-electron chi connectivity index (χ1n) is 5.59. The number of methoxy groups -OCH3 is 1. The zero-order chi connectivity index (χ0) is 12.6. The summed E-state index contributed by atoms with van der Waals surface area (Å²) in [6.07, 6.45) is 0. The van der Waals surface area contributed by atoms with Gasteiger partial charge in [-0.3, -0.25) is 9.59 Å². The van der Waals surface area contributed by atoms with Crippen molar-refractivity contribution in [2.24, 2.45) is 0 Å². The summed E-state index contributed by atoms with van der Waals surface area (Å²) >= 11 is 0. The Balaban J connectivity index is 4.27. The first kappa shape index (κ1) is 14.9. The molecular formula is C11H22N2O3. The van der Waals surface area contributed by atoms with E-state index in [2.05, 4.69) is 0 Å². The van der Waals surface area contributed by atoms with Gasteiger partial charge >= 0.3 is 0 Å². The van der Waals surface area contributed by atoms with Gasteiger partial charge in [-0.25, -0.2) is 0 Å². The Bertz CT molecular complexity index is 227. The highest BCUT2D eigenvalue weighted by Crippen LogP contribution is 1.95. The highest BCUT2D eigenvalue weighted by Gasteiger charge is 2.16. The van der Waals surface area contributed by atoms with E-state index in [1.54, 1.807) is 12.0 Å². The fraction of sp³-hybridized carbons (Fsp3) is 0.818. The van der Waals surface area contributed by atoms with Crippen molar-refractivity contribution in [3.63, 3.8) is 0 Å². The molecule has 0 bridgehead atoms. The summed E-state index contributed by atoms with van der Waals surface area (Å²) in [5.41, 5.74) is 0. The molecule has 0 heterocycles. The predicted molar refractivity (Wildman–Crippen MR) is 62.1 cm³/mol. The number of ether oxygens (including phenoxy) is 1. The van der Waals surface area contributed by atoms with Crippen LogP contribution in [0.1, 0.15) is 20.8 Å². The van der Waals surface area contributed by atoms with Gasteiger partial charge in [0.2, 0.25) is 11.8 Å². The fourth-order valence-corrected chi connectivity index (χ4v) is 1.39. The molecule has 0 atom stereocenters. The van der Waals surface area contributed by atoms with E-state index in [1.165, 1.54) is 11.8 Å². The predicted octanol–water partition coefficient (Wildman–Crippen LogP) is 0.350. The average Bonchev–Trinajstić information content (AvgIpc) is 2.25. The third-order valence-electron chi connectivity index (χ3n) is 2.45. The van der Waals surface area contributed by atoms with Crippen LogP contribution in [-0.4, -0.2) is 61.5 Å². The van der Waals surface area contributed by atoms with Gasteiger partial charge in [0.25, 0.3) is 0 Å². The Hall–Kier alpha value is -1.10. The number of nitrogens with zero attached hydrogens (tertiary/aromatic N) is 2. The quantitative estimate of drug-likeness (QED) is 0.634. The van der Waals surface area contributed by atoms with Gasteiger partial charge in [-0.15, -0.1) is 0 Å². The van der Waals surface area contributed by atoms with Crippen molar-refractivity contribution < 1.29 is 14.3 Å². The minimum absolute atomic E-state index is 0.0173. The lowest BCUT2D eigenvalue weighted by atomic mass is 10.4. The Kier molecular flexibility index (Phi) is 7.54. The molecule has 0 aliphatic carbocycles. The van der Waals surface area contributed by atoms with E-state index in [4.69, 9.17) is 4.74 Å². The summed E-state index contributed by atoms with van der Waals surface area (Å²) in [5, 5.41) is 0. The van der Waals surface area contributed by atoms with Crippen LogP contribution in [0.3, 0.4) is 0 Å². The molecular weight excluding hydrogens is 208 g/mol. The highest BCUT2D eigenvalue weighted by molar-refractivity contribution is 5.83. The molecule has 5 heteroatoms. The number of carbonyl (C=O) groups excluding carboxylic acids is 2. The van der Waals surface area contributed by atoms with E-state index < -0.39 is 0 Å². The second kappa shape index (κ2) is 8.10. The molecule has 0 saturated carbocycles. The van der Waals surface area contributed by atoms with Crippen LogP contribution in [0.5, 0.6) is 0 Å². The highest BCUT2D eigenvalue weighted by atomic mass is 16.5. The van der Waals surface area contributed by atoms with Gasteiger partial charge in [0.05, 0.1) is 13.2 Å². The second-order valence-electron chi connectivity index (χ2n) is 3.50. The van der Waals surface area contributed by atoms with E-state index in [0.717, 1.165) is 0 Å². The standard InChI is InChI=1S/C11H22N2O3/c1-5-12(6-2)11(15)9-13(10(3)14)7-8-16-4/h5-9H2,1-4H3. The summed E-state index contributed by atoms with van der Waals surface area (Å²) in [6.45, 7) is 7.70. The van der Waals surface area contributed by atoms with Crippen molar-refractivity contribution in [2.75, 3.05) is 39.9 Å². The number of carbonyl (C=O) groups is 2. The van der Waals surface area contributed by atoms with Crippen molar-refractivity contribution in [1.29, 1.82) is 0 Å². The topological polar surface area (TPSA) is 49.9 Å². The van der Waals surface area contributed by atoms with Gasteiger partial charge in [0, 0.05) is 33.7 Å². The van der Waals surface area contributed by atoms with Crippen molar-refractivity contribution in [1.82, 2.24) is 9.80 Å². The molecule has 0 saturated heterocycles. The molecule has 0 aromatic carbocycles. The molecule has 0 aliphatic heterocycles. The van der Waals surface area contributed by atoms with Gasteiger partial charge in [-0.05, 0) is 13.8 Å². The minimum Gasteiger partial charge on any atom is -0.383 e. The lowest BCUT2D eigenvalue weighted by molar-refractivity contribution is -0.139. The van der Waals surface area contributed by atoms with Crippen LogP contribution in [0.15, 0.2) is 0 Å². The fourth-order valence-electron chi connectivity index (χ4n) is 1.39. The van der Waals surface area contributed by atoms with Crippen molar-refractivity contribution in [3.05, 3.63) is 0 Å². The summed E-state index contributed by atoms with van der Waals surface area (Å²) in [4.78, 5) is 26.3. The number of hydrogen-bond donors (Lipinski definition) is 0. The van der Waals surface area contributed by atoms with Crippen molar-refractivity contribution in [3.8, 4) is 0 Å². The zero-order valence-corrected chi connectivity index (χ0v) is 10.7. The van der Waals surface area contributed by atoms with Gasteiger partial charge in [-0.1, -0.05) is 0 Å². The molecule has 2 amide bonds. The molecule has 5 nitrogen and oxygen atoms in total. The van der Waals surface area contributed by atoms with E-state index in [9.17, 15) is 9.59 Å². The Morgan fingerprint density at radius 1 is 1.12 bits per heavy atom. The maximum atomic E-state index is 11.8. The largest absolute Gasteiger partial charge is 0.383 e. The average molecular weight is 230 g/mol. The van der Waals surface area contributed by atoms with Crippen LogP contribution in [-0.2, 0) is 14.3 Å². The molecule has 0 radical (unpaired) electrons. The Morgan fingerprint density at radius 2 is 1.69 bits per heavy atom. The monoisotopic (exact) mass is 230 g/mol. The van der Waals surface area contributed by atoms with Gasteiger partial charge in [0.1, 0.15) is 0 Å². The first-order valence-corrected chi connectivity index (χ1v) is 5.59. The van der Waals surface area contributed by atoms with Crippen molar-refractivity contribution >= 4 is 11.8 Å². The van der Waals surface area contributed by atoms with E-state index in [-0.39, 0.29) is 18.4 Å². The molecule has 16 heavy (non-hydrogen) atoms. The summed E-state index contributed by atoms with van der Waals surface area (Å²) in [6, 6.07) is 0. The SMILES string of the molecule is CCN(CC)C(=O)CN(CCOC)C(C)=O. The molecule has 0 rings (SSSR count). The summed E-state index contributed by atoms with van der Waals surface area (Å²) in [5.74, 6) is -0.117. The number of likely N-dealkylation sites (N-methyl/N-ethyl adjacent to an activating group) is 1. The summed E-state index contributed by atoms with van der Waals surface area (Å²) in [7, 11) is 1.57. The third-order valence-corrected chi connectivity index (χ3v) is 2.45. The van der Waals surface area contributed by atoms with Crippen LogP contribution in [0.2, 0.25) is 0 Å². The van der Waals surface area contributed by atoms with Crippen LogP contribution in [0.25, 0.3) is 0 Å². The minimum atomic E-state index is -0.0995. The lowest BCUT2D eigenvalue weighted by Gasteiger charge is -2.25. The van der Waals surface area contributed by atoms with E-state index >= 15 is 0 Å². The van der Waals surface area contributed by atoms with Crippen molar-refractivity contribution in [2.45, 2.75) is 20.8 Å². The molecule has 94 valence electrons. The number of hydrogen-bond acceptors (Lipinski definition) is 3.